The van der Waals surface area contributed by atoms with Crippen LogP contribution < -0.4 is 5.32 Å². The van der Waals surface area contributed by atoms with E-state index in [1.807, 2.05) is 13.8 Å². The lowest BCUT2D eigenvalue weighted by Crippen LogP contribution is -2.27. The number of amides is 1. The Hall–Kier alpha value is -1.36. The standard InChI is InChI=1S/C20H27NO3S/c1-11(2)24-20(23)17-14-5-3-4-6-16(14)25-19(17)21-18(22)15-10-12-7-8-13(15)9-12/h11-13,15H,3-10H2,1-2H3,(H,21,22). The van der Waals surface area contributed by atoms with Crippen LogP contribution in [-0.4, -0.2) is 18.0 Å². The predicted molar refractivity (Wildman–Crippen MR) is 99.1 cm³/mol. The van der Waals surface area contributed by atoms with Crippen molar-refractivity contribution in [2.45, 2.75) is 71.3 Å². The van der Waals surface area contributed by atoms with Crippen molar-refractivity contribution in [3.63, 3.8) is 0 Å². The number of thiophene rings is 1. The van der Waals surface area contributed by atoms with Gasteiger partial charge in [0.25, 0.3) is 0 Å². The molecule has 5 heteroatoms. The highest BCUT2D eigenvalue weighted by Crippen LogP contribution is 2.49. The number of aryl methyl sites for hydroxylation is 1. The number of anilines is 1. The third kappa shape index (κ3) is 3.23. The van der Waals surface area contributed by atoms with Gasteiger partial charge in [-0.2, -0.15) is 0 Å². The van der Waals surface area contributed by atoms with Crippen LogP contribution in [0.3, 0.4) is 0 Å². The number of fused-ring (bicyclic) bond motifs is 3. The zero-order valence-electron chi connectivity index (χ0n) is 15.1. The molecular weight excluding hydrogens is 334 g/mol. The van der Waals surface area contributed by atoms with Gasteiger partial charge >= 0.3 is 5.97 Å². The van der Waals surface area contributed by atoms with E-state index < -0.39 is 0 Å². The molecule has 1 aromatic heterocycles. The van der Waals surface area contributed by atoms with Crippen LogP contribution in [0, 0.1) is 17.8 Å². The Labute approximate surface area is 153 Å². The number of esters is 1. The maximum absolute atomic E-state index is 12.9. The number of hydrogen-bond donors (Lipinski definition) is 1. The Morgan fingerprint density at radius 1 is 1.16 bits per heavy atom. The molecule has 2 bridgehead atoms. The van der Waals surface area contributed by atoms with Crippen LogP contribution in [0.1, 0.15) is 73.2 Å². The third-order valence-corrected chi connectivity index (χ3v) is 7.24. The second-order valence-corrected chi connectivity index (χ2v) is 9.24. The summed E-state index contributed by atoms with van der Waals surface area (Å²) in [5.41, 5.74) is 1.75. The first-order valence-corrected chi connectivity index (χ1v) is 10.5. The van der Waals surface area contributed by atoms with Crippen molar-refractivity contribution in [2.24, 2.45) is 17.8 Å². The Kier molecular flexibility index (Phi) is 4.61. The molecule has 4 nitrogen and oxygen atoms in total. The summed E-state index contributed by atoms with van der Waals surface area (Å²) in [6.45, 7) is 3.73. The van der Waals surface area contributed by atoms with E-state index in [9.17, 15) is 9.59 Å². The van der Waals surface area contributed by atoms with Crippen molar-refractivity contribution in [1.82, 2.24) is 0 Å². The fraction of sp³-hybridized carbons (Fsp3) is 0.700. The molecule has 3 atom stereocenters. The van der Waals surface area contributed by atoms with Gasteiger partial charge in [0.15, 0.2) is 0 Å². The quantitative estimate of drug-likeness (QED) is 0.800. The van der Waals surface area contributed by atoms with Gasteiger partial charge in [0.1, 0.15) is 5.00 Å². The molecule has 1 amide bonds. The van der Waals surface area contributed by atoms with Crippen LogP contribution in [0.4, 0.5) is 5.00 Å². The zero-order chi connectivity index (χ0) is 17.6. The van der Waals surface area contributed by atoms with Gasteiger partial charge in [0.2, 0.25) is 5.91 Å². The van der Waals surface area contributed by atoms with Crippen molar-refractivity contribution in [3.8, 4) is 0 Å². The van der Waals surface area contributed by atoms with Crippen molar-refractivity contribution >= 4 is 28.2 Å². The summed E-state index contributed by atoms with van der Waals surface area (Å²) in [7, 11) is 0. The monoisotopic (exact) mass is 361 g/mol. The first kappa shape index (κ1) is 17.1. The van der Waals surface area contributed by atoms with Crippen LogP contribution in [0.5, 0.6) is 0 Å². The molecule has 0 aliphatic heterocycles. The molecule has 2 saturated carbocycles. The molecule has 0 aromatic carbocycles. The van der Waals surface area contributed by atoms with Gasteiger partial charge in [0, 0.05) is 10.8 Å². The van der Waals surface area contributed by atoms with Crippen LogP contribution in [0.2, 0.25) is 0 Å². The topological polar surface area (TPSA) is 55.4 Å². The molecule has 3 unspecified atom stereocenters. The highest BCUT2D eigenvalue weighted by molar-refractivity contribution is 7.17. The number of nitrogens with one attached hydrogen (secondary N) is 1. The molecule has 1 aromatic rings. The summed E-state index contributed by atoms with van der Waals surface area (Å²) in [6, 6.07) is 0. The van der Waals surface area contributed by atoms with Crippen molar-refractivity contribution < 1.29 is 14.3 Å². The Morgan fingerprint density at radius 3 is 2.64 bits per heavy atom. The smallest absolute Gasteiger partial charge is 0.341 e. The van der Waals surface area contributed by atoms with E-state index in [2.05, 4.69) is 5.32 Å². The number of carbonyl (C=O) groups excluding carboxylic acids is 2. The van der Waals surface area contributed by atoms with Gasteiger partial charge in [-0.25, -0.2) is 4.79 Å². The summed E-state index contributed by atoms with van der Waals surface area (Å²) < 4.78 is 5.47. The van der Waals surface area contributed by atoms with Crippen LogP contribution >= 0.6 is 11.3 Å². The highest BCUT2D eigenvalue weighted by Gasteiger charge is 2.43. The van der Waals surface area contributed by atoms with E-state index in [0.29, 0.717) is 11.5 Å². The first-order valence-electron chi connectivity index (χ1n) is 9.69. The first-order chi connectivity index (χ1) is 12.0. The second kappa shape index (κ2) is 6.75. The molecular formula is C20H27NO3S. The van der Waals surface area contributed by atoms with Crippen LogP contribution in [-0.2, 0) is 22.4 Å². The summed E-state index contributed by atoms with van der Waals surface area (Å²) in [5, 5.41) is 3.85. The van der Waals surface area contributed by atoms with Gasteiger partial charge in [-0.3, -0.25) is 4.79 Å². The molecule has 3 aliphatic carbocycles. The molecule has 2 fully saturated rings. The Morgan fingerprint density at radius 2 is 1.96 bits per heavy atom. The van der Waals surface area contributed by atoms with Crippen LogP contribution in [0.25, 0.3) is 0 Å². The summed E-state index contributed by atoms with van der Waals surface area (Å²) >= 11 is 1.59. The fourth-order valence-electron chi connectivity index (χ4n) is 4.91. The highest BCUT2D eigenvalue weighted by atomic mass is 32.1. The molecule has 0 radical (unpaired) electrons. The van der Waals surface area contributed by atoms with E-state index in [0.717, 1.165) is 48.6 Å². The normalized spacial score (nSPS) is 27.4. The minimum absolute atomic E-state index is 0.115. The lowest BCUT2D eigenvalue weighted by molar-refractivity contribution is -0.121. The summed E-state index contributed by atoms with van der Waals surface area (Å²) in [5.74, 6) is 1.25. The SMILES string of the molecule is CC(C)OC(=O)c1c(NC(=O)C2CC3CCC2C3)sc2c1CCCC2. The molecule has 25 heavy (non-hydrogen) atoms. The lowest BCUT2D eigenvalue weighted by atomic mass is 9.88. The molecule has 0 spiro atoms. The van der Waals surface area contributed by atoms with E-state index in [-0.39, 0.29) is 23.9 Å². The van der Waals surface area contributed by atoms with E-state index in [1.54, 1.807) is 11.3 Å². The van der Waals surface area contributed by atoms with Crippen molar-refractivity contribution in [2.75, 3.05) is 5.32 Å². The molecule has 136 valence electrons. The summed E-state index contributed by atoms with van der Waals surface area (Å²) in [6.07, 6.45) is 8.73. The number of rotatable bonds is 4. The van der Waals surface area contributed by atoms with Gasteiger partial charge in [-0.15, -0.1) is 11.3 Å². The zero-order valence-corrected chi connectivity index (χ0v) is 15.9. The maximum Gasteiger partial charge on any atom is 0.341 e. The second-order valence-electron chi connectivity index (χ2n) is 8.14. The fourth-order valence-corrected chi connectivity index (χ4v) is 6.19. The van der Waals surface area contributed by atoms with E-state index >= 15 is 0 Å². The third-order valence-electron chi connectivity index (χ3n) is 6.03. The largest absolute Gasteiger partial charge is 0.459 e. The lowest BCUT2D eigenvalue weighted by Gasteiger charge is -2.20. The molecule has 3 aliphatic rings. The average Bonchev–Trinajstić information content (AvgIpc) is 3.27. The molecule has 1 N–H and O–H groups in total. The number of ether oxygens (including phenoxy) is 1. The van der Waals surface area contributed by atoms with E-state index in [1.165, 1.54) is 24.1 Å². The van der Waals surface area contributed by atoms with Gasteiger partial charge in [-0.1, -0.05) is 6.42 Å². The number of hydrogen-bond acceptors (Lipinski definition) is 4. The van der Waals surface area contributed by atoms with Gasteiger partial charge < -0.3 is 10.1 Å². The minimum Gasteiger partial charge on any atom is -0.459 e. The van der Waals surface area contributed by atoms with Crippen molar-refractivity contribution in [1.29, 1.82) is 0 Å². The molecule has 0 saturated heterocycles. The minimum atomic E-state index is -0.280. The Balaban J connectivity index is 1.58. The number of carbonyl (C=O) groups is 2. The summed E-state index contributed by atoms with van der Waals surface area (Å²) in [4.78, 5) is 26.8. The average molecular weight is 362 g/mol. The van der Waals surface area contributed by atoms with E-state index in [4.69, 9.17) is 4.74 Å². The molecule has 4 rings (SSSR count). The molecule has 1 heterocycles. The van der Waals surface area contributed by atoms with Gasteiger partial charge in [-0.05, 0) is 76.2 Å². The maximum atomic E-state index is 12.9. The Bertz CT molecular complexity index is 693. The van der Waals surface area contributed by atoms with Crippen LogP contribution in [0.15, 0.2) is 0 Å². The predicted octanol–water partition coefficient (Wildman–Crippen LogP) is 4.57. The van der Waals surface area contributed by atoms with Crippen molar-refractivity contribution in [3.05, 3.63) is 16.0 Å². The van der Waals surface area contributed by atoms with Gasteiger partial charge in [0.05, 0.1) is 11.7 Å².